The Morgan fingerprint density at radius 2 is 1.10 bits per heavy atom. The number of fused-ring (bicyclic) bond motifs is 6. The zero-order valence-corrected chi connectivity index (χ0v) is 23.7. The summed E-state index contributed by atoms with van der Waals surface area (Å²) in [6.45, 7) is 0. The van der Waals surface area contributed by atoms with Crippen molar-refractivity contribution in [1.29, 1.82) is 0 Å². The molecule has 0 fully saturated rings. The lowest BCUT2D eigenvalue weighted by molar-refractivity contribution is 1.29. The molecule has 3 heteroatoms. The molecule has 7 aromatic carbocycles. The summed E-state index contributed by atoms with van der Waals surface area (Å²) in [6.07, 6.45) is 0. The molecule has 0 aliphatic rings. The summed E-state index contributed by atoms with van der Waals surface area (Å²) in [5.74, 6) is 0. The molecule has 8 rings (SSSR count). The SMILES string of the molecule is Clc1ccc2cc(-c3ccc(N(c4ccccc4)c4ccc5sc6ccccc6c5c4)cc3)c3ccccc3c2c1. The van der Waals surface area contributed by atoms with E-state index in [0.717, 1.165) is 22.1 Å². The number of benzene rings is 7. The van der Waals surface area contributed by atoms with Crippen molar-refractivity contribution >= 4 is 81.7 Å². The second-order valence-electron chi connectivity index (χ2n) is 10.3. The van der Waals surface area contributed by atoms with Crippen LogP contribution in [0.5, 0.6) is 0 Å². The van der Waals surface area contributed by atoms with Gasteiger partial charge in [0.2, 0.25) is 0 Å². The van der Waals surface area contributed by atoms with Crippen molar-refractivity contribution in [3.8, 4) is 11.1 Å². The minimum Gasteiger partial charge on any atom is -0.310 e. The molecule has 0 spiro atoms. The van der Waals surface area contributed by atoms with Gasteiger partial charge in [0, 0.05) is 42.3 Å². The summed E-state index contributed by atoms with van der Waals surface area (Å²) in [6, 6.07) is 52.1. The first kappa shape index (κ1) is 24.2. The van der Waals surface area contributed by atoms with Crippen LogP contribution in [0.1, 0.15) is 0 Å². The normalized spacial score (nSPS) is 11.5. The lowest BCUT2D eigenvalue weighted by atomic mass is 9.93. The van der Waals surface area contributed by atoms with Gasteiger partial charge in [0.15, 0.2) is 0 Å². The number of thiophene rings is 1. The number of hydrogen-bond donors (Lipinski definition) is 0. The highest BCUT2D eigenvalue weighted by Crippen LogP contribution is 2.42. The minimum atomic E-state index is 0.759. The second kappa shape index (κ2) is 9.78. The van der Waals surface area contributed by atoms with E-state index in [4.69, 9.17) is 11.6 Å². The molecule has 1 heterocycles. The van der Waals surface area contributed by atoms with E-state index in [1.807, 2.05) is 17.4 Å². The molecule has 0 saturated carbocycles. The van der Waals surface area contributed by atoms with Crippen LogP contribution < -0.4 is 4.90 Å². The number of anilines is 3. The average Bonchev–Trinajstić information content (AvgIpc) is 3.40. The van der Waals surface area contributed by atoms with E-state index in [9.17, 15) is 0 Å². The highest BCUT2D eigenvalue weighted by atomic mass is 35.5. The van der Waals surface area contributed by atoms with Crippen LogP contribution in [-0.4, -0.2) is 0 Å². The van der Waals surface area contributed by atoms with E-state index in [-0.39, 0.29) is 0 Å². The Kier molecular flexibility index (Phi) is 5.77. The van der Waals surface area contributed by atoms with Crippen LogP contribution in [0.4, 0.5) is 17.1 Å². The predicted molar refractivity (Wildman–Crippen MR) is 179 cm³/mol. The van der Waals surface area contributed by atoms with Crippen LogP contribution in [0.25, 0.3) is 52.8 Å². The van der Waals surface area contributed by atoms with E-state index in [1.54, 1.807) is 0 Å². The van der Waals surface area contributed by atoms with Gasteiger partial charge in [-0.15, -0.1) is 11.3 Å². The monoisotopic (exact) mass is 561 g/mol. The Bertz CT molecular complexity index is 2210. The number of rotatable bonds is 4. The van der Waals surface area contributed by atoms with Gasteiger partial charge < -0.3 is 4.90 Å². The first-order valence-electron chi connectivity index (χ1n) is 13.7. The summed E-state index contributed by atoms with van der Waals surface area (Å²) in [5, 5.41) is 8.17. The molecule has 1 nitrogen and oxygen atoms in total. The molecule has 0 saturated heterocycles. The van der Waals surface area contributed by atoms with Crippen molar-refractivity contribution < 1.29 is 0 Å². The van der Waals surface area contributed by atoms with Crippen LogP contribution in [0.2, 0.25) is 5.02 Å². The summed E-state index contributed by atoms with van der Waals surface area (Å²) in [7, 11) is 0. The Labute approximate surface area is 247 Å². The summed E-state index contributed by atoms with van der Waals surface area (Å²) < 4.78 is 2.63. The van der Waals surface area contributed by atoms with Crippen molar-refractivity contribution in [3.63, 3.8) is 0 Å². The van der Waals surface area contributed by atoms with Crippen molar-refractivity contribution in [2.24, 2.45) is 0 Å². The van der Waals surface area contributed by atoms with Gasteiger partial charge in [0.1, 0.15) is 0 Å². The van der Waals surface area contributed by atoms with Crippen LogP contribution in [0.3, 0.4) is 0 Å². The highest BCUT2D eigenvalue weighted by Gasteiger charge is 2.16. The van der Waals surface area contributed by atoms with Crippen LogP contribution in [0.15, 0.2) is 146 Å². The second-order valence-corrected chi connectivity index (χ2v) is 11.9. The molecule has 0 radical (unpaired) electrons. The molecule has 194 valence electrons. The maximum Gasteiger partial charge on any atom is 0.0468 e. The van der Waals surface area contributed by atoms with Crippen molar-refractivity contribution in [3.05, 3.63) is 151 Å². The topological polar surface area (TPSA) is 3.24 Å². The number of halogens is 1. The van der Waals surface area contributed by atoms with E-state index >= 15 is 0 Å². The highest BCUT2D eigenvalue weighted by molar-refractivity contribution is 7.25. The van der Waals surface area contributed by atoms with E-state index < -0.39 is 0 Å². The molecule has 0 atom stereocenters. The molecule has 0 aliphatic heterocycles. The van der Waals surface area contributed by atoms with Crippen molar-refractivity contribution in [1.82, 2.24) is 0 Å². The largest absolute Gasteiger partial charge is 0.310 e. The fraction of sp³-hybridized carbons (Fsp3) is 0. The van der Waals surface area contributed by atoms with Gasteiger partial charge in [-0.2, -0.15) is 0 Å². The molecule has 1 aromatic heterocycles. The van der Waals surface area contributed by atoms with Gasteiger partial charge in [-0.1, -0.05) is 90.5 Å². The van der Waals surface area contributed by atoms with Gasteiger partial charge in [0.25, 0.3) is 0 Å². The zero-order valence-electron chi connectivity index (χ0n) is 22.1. The standard InChI is InChI=1S/C38H24ClNS/c39-27-17-14-26-22-34(31-10-4-5-11-32(31)35(26)23-27)25-15-18-29(19-16-25)40(28-8-2-1-3-9-28)30-20-21-38-36(24-30)33-12-6-7-13-37(33)41-38/h1-24H. The Balaban J connectivity index is 1.27. The summed E-state index contributed by atoms with van der Waals surface area (Å²) >= 11 is 8.22. The molecular formula is C38H24ClNS. The average molecular weight is 562 g/mol. The smallest absolute Gasteiger partial charge is 0.0468 e. The molecule has 0 amide bonds. The number of para-hydroxylation sites is 1. The van der Waals surface area contributed by atoms with Gasteiger partial charge in [-0.25, -0.2) is 0 Å². The van der Waals surface area contributed by atoms with E-state index in [2.05, 4.69) is 144 Å². The lowest BCUT2D eigenvalue weighted by Gasteiger charge is -2.26. The van der Waals surface area contributed by atoms with Crippen molar-refractivity contribution in [2.45, 2.75) is 0 Å². The fourth-order valence-electron chi connectivity index (χ4n) is 5.98. The molecule has 41 heavy (non-hydrogen) atoms. The predicted octanol–water partition coefficient (Wildman–Crippen LogP) is 12.2. The van der Waals surface area contributed by atoms with Crippen LogP contribution in [0, 0.1) is 0 Å². The molecule has 8 aromatic rings. The molecular weight excluding hydrogens is 538 g/mol. The fourth-order valence-corrected chi connectivity index (χ4v) is 7.24. The first-order valence-corrected chi connectivity index (χ1v) is 14.9. The summed E-state index contributed by atoms with van der Waals surface area (Å²) in [4.78, 5) is 2.34. The quantitative estimate of drug-likeness (QED) is 0.193. The van der Waals surface area contributed by atoms with Crippen LogP contribution in [-0.2, 0) is 0 Å². The van der Waals surface area contributed by atoms with E-state index in [0.29, 0.717) is 0 Å². The Morgan fingerprint density at radius 1 is 0.439 bits per heavy atom. The maximum atomic E-state index is 6.37. The Morgan fingerprint density at radius 3 is 1.93 bits per heavy atom. The van der Waals surface area contributed by atoms with Crippen molar-refractivity contribution in [2.75, 3.05) is 4.90 Å². The molecule has 0 unspecified atom stereocenters. The third-order valence-corrected chi connectivity index (χ3v) is 9.28. The zero-order chi connectivity index (χ0) is 27.3. The minimum absolute atomic E-state index is 0.759. The lowest BCUT2D eigenvalue weighted by Crippen LogP contribution is -2.09. The van der Waals surface area contributed by atoms with Gasteiger partial charge in [-0.05, 0) is 99.4 Å². The molecule has 0 bridgehead atoms. The van der Waals surface area contributed by atoms with Gasteiger partial charge in [-0.3, -0.25) is 0 Å². The number of nitrogens with zero attached hydrogens (tertiary/aromatic N) is 1. The van der Waals surface area contributed by atoms with Crippen LogP contribution >= 0.6 is 22.9 Å². The number of hydrogen-bond acceptors (Lipinski definition) is 2. The van der Waals surface area contributed by atoms with Gasteiger partial charge in [0.05, 0.1) is 0 Å². The first-order chi connectivity index (χ1) is 20.2. The third-order valence-electron chi connectivity index (χ3n) is 7.89. The summed E-state index contributed by atoms with van der Waals surface area (Å²) in [5.41, 5.74) is 5.81. The molecule has 0 N–H and O–H groups in total. The third kappa shape index (κ3) is 4.15. The maximum absolute atomic E-state index is 6.37. The van der Waals surface area contributed by atoms with Gasteiger partial charge >= 0.3 is 0 Å². The molecule has 0 aliphatic carbocycles. The van der Waals surface area contributed by atoms with E-state index in [1.165, 1.54) is 52.8 Å². The Hall–Kier alpha value is -4.63.